The average molecular weight is 330 g/mol. The monoisotopic (exact) mass is 330 g/mol. The molecule has 1 aromatic heterocycles. The quantitative estimate of drug-likeness (QED) is 0.911. The van der Waals surface area contributed by atoms with Crippen LogP contribution in [0.4, 0.5) is 0 Å². The number of aryl methyl sites for hydroxylation is 2. The first-order valence-electron chi connectivity index (χ1n) is 8.20. The van der Waals surface area contributed by atoms with Gasteiger partial charge in [-0.1, -0.05) is 18.2 Å². The lowest BCUT2D eigenvalue weighted by atomic mass is 10.1. The summed E-state index contributed by atoms with van der Waals surface area (Å²) in [6.07, 6.45) is 0.285. The van der Waals surface area contributed by atoms with Crippen LogP contribution < -0.4 is 0 Å². The standard InChI is InChI=1S/C18H22N2O4/c1-13-10-14-4-2-3-5-16(14)19(13)7-6-17(21)20-8-9-24-12-15(20)11-18(22)23/h2-5,10,15H,6-9,11-12H2,1H3,(H,22,23). The molecule has 3 rings (SSSR count). The predicted octanol–water partition coefficient (Wildman–Crippen LogP) is 2.04. The van der Waals surface area contributed by atoms with E-state index >= 15 is 0 Å². The van der Waals surface area contributed by atoms with Crippen molar-refractivity contribution in [2.45, 2.75) is 32.4 Å². The Hall–Kier alpha value is -2.34. The molecule has 1 unspecified atom stereocenters. The molecule has 24 heavy (non-hydrogen) atoms. The highest BCUT2D eigenvalue weighted by Crippen LogP contribution is 2.20. The molecule has 1 aliphatic rings. The molecule has 0 bridgehead atoms. The number of aromatic nitrogens is 1. The molecular weight excluding hydrogens is 308 g/mol. The van der Waals surface area contributed by atoms with Gasteiger partial charge >= 0.3 is 5.97 Å². The summed E-state index contributed by atoms with van der Waals surface area (Å²) >= 11 is 0. The van der Waals surface area contributed by atoms with Crippen molar-refractivity contribution in [3.63, 3.8) is 0 Å². The van der Waals surface area contributed by atoms with E-state index in [0.29, 0.717) is 32.7 Å². The third-order valence-electron chi connectivity index (χ3n) is 4.53. The Bertz CT molecular complexity index is 753. The van der Waals surface area contributed by atoms with Crippen LogP contribution in [0.1, 0.15) is 18.5 Å². The molecular formula is C18H22N2O4. The van der Waals surface area contributed by atoms with E-state index in [4.69, 9.17) is 9.84 Å². The number of para-hydroxylation sites is 1. The van der Waals surface area contributed by atoms with E-state index in [0.717, 1.165) is 16.6 Å². The summed E-state index contributed by atoms with van der Waals surface area (Å²) in [7, 11) is 0. The Labute approximate surface area is 140 Å². The molecule has 0 aliphatic carbocycles. The van der Waals surface area contributed by atoms with Gasteiger partial charge in [0.15, 0.2) is 0 Å². The summed E-state index contributed by atoms with van der Waals surface area (Å²) in [6.45, 7) is 3.85. The molecule has 2 heterocycles. The number of carbonyl (C=O) groups is 2. The molecule has 1 aliphatic heterocycles. The molecule has 0 radical (unpaired) electrons. The highest BCUT2D eigenvalue weighted by molar-refractivity contribution is 5.82. The lowest BCUT2D eigenvalue weighted by Crippen LogP contribution is -2.49. The molecule has 2 aromatic rings. The summed E-state index contributed by atoms with van der Waals surface area (Å²) in [6, 6.07) is 9.85. The fourth-order valence-corrected chi connectivity index (χ4v) is 3.35. The largest absolute Gasteiger partial charge is 0.481 e. The molecule has 1 atom stereocenters. The second kappa shape index (κ2) is 7.05. The second-order valence-electron chi connectivity index (χ2n) is 6.16. The minimum atomic E-state index is -0.907. The minimum Gasteiger partial charge on any atom is -0.481 e. The van der Waals surface area contributed by atoms with Gasteiger partial charge in [-0.25, -0.2) is 0 Å². The Morgan fingerprint density at radius 2 is 2.12 bits per heavy atom. The molecule has 6 nitrogen and oxygen atoms in total. The molecule has 0 saturated carbocycles. The smallest absolute Gasteiger partial charge is 0.305 e. The predicted molar refractivity (Wildman–Crippen MR) is 89.9 cm³/mol. The molecule has 1 saturated heterocycles. The van der Waals surface area contributed by atoms with Crippen molar-refractivity contribution in [1.82, 2.24) is 9.47 Å². The normalized spacial score (nSPS) is 18.0. The highest BCUT2D eigenvalue weighted by atomic mass is 16.5. The summed E-state index contributed by atoms with van der Waals surface area (Å²) < 4.78 is 7.47. The van der Waals surface area contributed by atoms with Crippen LogP contribution in [0.25, 0.3) is 10.9 Å². The number of ether oxygens (including phenoxy) is 1. The number of fused-ring (bicyclic) bond motifs is 1. The maximum Gasteiger partial charge on any atom is 0.305 e. The number of hydrogen-bond donors (Lipinski definition) is 1. The van der Waals surface area contributed by atoms with Crippen LogP contribution in [0.3, 0.4) is 0 Å². The van der Waals surface area contributed by atoms with Crippen LogP contribution in [0, 0.1) is 6.92 Å². The first kappa shape index (κ1) is 16.5. The van der Waals surface area contributed by atoms with Gasteiger partial charge in [0.2, 0.25) is 5.91 Å². The van der Waals surface area contributed by atoms with E-state index in [-0.39, 0.29) is 18.4 Å². The van der Waals surface area contributed by atoms with Gasteiger partial charge in [0.25, 0.3) is 0 Å². The van der Waals surface area contributed by atoms with Crippen molar-refractivity contribution in [3.05, 3.63) is 36.0 Å². The minimum absolute atomic E-state index is 0.0123. The Kier molecular flexibility index (Phi) is 4.85. The Balaban J connectivity index is 1.69. The second-order valence-corrected chi connectivity index (χ2v) is 6.16. The van der Waals surface area contributed by atoms with Gasteiger partial charge in [0.1, 0.15) is 0 Å². The van der Waals surface area contributed by atoms with Crippen LogP contribution >= 0.6 is 0 Å². The van der Waals surface area contributed by atoms with Crippen molar-refractivity contribution in [2.75, 3.05) is 19.8 Å². The number of amides is 1. The zero-order chi connectivity index (χ0) is 17.1. The number of rotatable bonds is 5. The first-order chi connectivity index (χ1) is 11.6. The van der Waals surface area contributed by atoms with Crippen LogP contribution in [-0.2, 0) is 20.9 Å². The number of carboxylic acids is 1. The summed E-state index contributed by atoms with van der Waals surface area (Å²) in [5, 5.41) is 10.2. The van der Waals surface area contributed by atoms with Crippen LogP contribution in [-0.4, -0.2) is 52.3 Å². The van der Waals surface area contributed by atoms with E-state index < -0.39 is 5.97 Å². The van der Waals surface area contributed by atoms with Crippen molar-refractivity contribution < 1.29 is 19.4 Å². The Morgan fingerprint density at radius 1 is 1.33 bits per heavy atom. The summed E-state index contributed by atoms with van der Waals surface area (Å²) in [5.74, 6) is -0.919. The number of nitrogens with zero attached hydrogens (tertiary/aromatic N) is 2. The summed E-state index contributed by atoms with van der Waals surface area (Å²) in [5.41, 5.74) is 2.24. The first-order valence-corrected chi connectivity index (χ1v) is 8.20. The topological polar surface area (TPSA) is 71.8 Å². The number of carboxylic acid groups (broad SMARTS) is 1. The highest BCUT2D eigenvalue weighted by Gasteiger charge is 2.28. The van der Waals surface area contributed by atoms with Gasteiger partial charge in [-0.2, -0.15) is 0 Å². The van der Waals surface area contributed by atoms with Gasteiger partial charge in [0.05, 0.1) is 25.7 Å². The van der Waals surface area contributed by atoms with Crippen molar-refractivity contribution >= 4 is 22.8 Å². The van der Waals surface area contributed by atoms with Crippen LogP contribution in [0.15, 0.2) is 30.3 Å². The molecule has 1 N–H and O–H groups in total. The Morgan fingerprint density at radius 3 is 2.92 bits per heavy atom. The van der Waals surface area contributed by atoms with E-state index in [2.05, 4.69) is 22.8 Å². The molecule has 1 aromatic carbocycles. The fraction of sp³-hybridized carbons (Fsp3) is 0.444. The van der Waals surface area contributed by atoms with Gasteiger partial charge in [0, 0.05) is 30.7 Å². The zero-order valence-electron chi connectivity index (χ0n) is 13.8. The van der Waals surface area contributed by atoms with E-state index in [1.807, 2.05) is 19.1 Å². The number of benzene rings is 1. The maximum atomic E-state index is 12.6. The molecule has 1 amide bonds. The van der Waals surface area contributed by atoms with Gasteiger partial charge in [-0.3, -0.25) is 9.59 Å². The lowest BCUT2D eigenvalue weighted by molar-refractivity contribution is -0.146. The van der Waals surface area contributed by atoms with Crippen LogP contribution in [0.5, 0.6) is 0 Å². The van der Waals surface area contributed by atoms with Gasteiger partial charge in [-0.15, -0.1) is 0 Å². The average Bonchev–Trinajstić information content (AvgIpc) is 2.88. The number of hydrogen-bond acceptors (Lipinski definition) is 3. The fourth-order valence-electron chi connectivity index (χ4n) is 3.35. The molecule has 1 fully saturated rings. The SMILES string of the molecule is Cc1cc2ccccc2n1CCC(=O)N1CCOCC1CC(=O)O. The molecule has 6 heteroatoms. The van der Waals surface area contributed by atoms with Crippen molar-refractivity contribution in [2.24, 2.45) is 0 Å². The van der Waals surface area contributed by atoms with Crippen LogP contribution in [0.2, 0.25) is 0 Å². The maximum absolute atomic E-state index is 12.6. The van der Waals surface area contributed by atoms with E-state index in [9.17, 15) is 9.59 Å². The van der Waals surface area contributed by atoms with Gasteiger partial charge < -0.3 is 19.3 Å². The zero-order valence-corrected chi connectivity index (χ0v) is 13.8. The molecule has 128 valence electrons. The third-order valence-corrected chi connectivity index (χ3v) is 4.53. The number of morpholine rings is 1. The number of aliphatic carboxylic acids is 1. The molecule has 0 spiro atoms. The van der Waals surface area contributed by atoms with Crippen molar-refractivity contribution in [3.8, 4) is 0 Å². The lowest BCUT2D eigenvalue weighted by Gasteiger charge is -2.35. The summed E-state index contributed by atoms with van der Waals surface area (Å²) in [4.78, 5) is 25.2. The third kappa shape index (κ3) is 3.43. The van der Waals surface area contributed by atoms with E-state index in [1.165, 1.54) is 0 Å². The van der Waals surface area contributed by atoms with Gasteiger partial charge in [-0.05, 0) is 24.4 Å². The van der Waals surface area contributed by atoms with E-state index in [1.54, 1.807) is 4.90 Å². The van der Waals surface area contributed by atoms with Crippen molar-refractivity contribution in [1.29, 1.82) is 0 Å². The number of carbonyl (C=O) groups excluding carboxylic acids is 1.